The Morgan fingerprint density at radius 3 is 2.65 bits per heavy atom. The zero-order valence-electron chi connectivity index (χ0n) is 17.3. The van der Waals surface area contributed by atoms with Crippen LogP contribution in [-0.4, -0.2) is 73.1 Å². The van der Waals surface area contributed by atoms with Crippen LogP contribution in [0.5, 0.6) is 5.75 Å². The maximum absolute atomic E-state index is 13.0. The van der Waals surface area contributed by atoms with E-state index in [1.165, 1.54) is 17.5 Å². The Labute approximate surface area is 186 Å². The number of likely N-dealkylation sites (tertiary alicyclic amines) is 1. The molecule has 1 unspecified atom stereocenters. The predicted molar refractivity (Wildman–Crippen MR) is 117 cm³/mol. The molecule has 2 fully saturated rings. The van der Waals surface area contributed by atoms with Gasteiger partial charge in [0, 0.05) is 38.7 Å². The first kappa shape index (κ1) is 22.1. The van der Waals surface area contributed by atoms with Crippen LogP contribution in [0, 0.1) is 5.41 Å². The fourth-order valence-electron chi connectivity index (χ4n) is 4.49. The lowest BCUT2D eigenvalue weighted by Gasteiger charge is -2.38. The second kappa shape index (κ2) is 8.44. The average molecular weight is 467 g/mol. The summed E-state index contributed by atoms with van der Waals surface area (Å²) in [7, 11) is -2.08. The zero-order valence-corrected chi connectivity index (χ0v) is 19.0. The summed E-state index contributed by atoms with van der Waals surface area (Å²) in [4.78, 5) is 30.2. The van der Waals surface area contributed by atoms with Crippen molar-refractivity contribution in [2.45, 2.75) is 35.8 Å². The SMILES string of the molecule is COc1cccc(S(=O)(=O)N2CCC3(CCN(C(=O)CC4SC(N)=NC4=O)C3)CC2)c1. The van der Waals surface area contributed by atoms with Crippen molar-refractivity contribution in [3.05, 3.63) is 24.3 Å². The third-order valence-corrected chi connectivity index (χ3v) is 9.25. The number of sulfonamides is 1. The Morgan fingerprint density at radius 1 is 1.29 bits per heavy atom. The van der Waals surface area contributed by atoms with Gasteiger partial charge in [-0.3, -0.25) is 9.59 Å². The van der Waals surface area contributed by atoms with Crippen molar-refractivity contribution in [3.8, 4) is 5.75 Å². The van der Waals surface area contributed by atoms with E-state index in [1.807, 2.05) is 0 Å². The highest BCUT2D eigenvalue weighted by Crippen LogP contribution is 2.42. The van der Waals surface area contributed by atoms with Crippen LogP contribution in [0.2, 0.25) is 0 Å². The van der Waals surface area contributed by atoms with E-state index in [0.717, 1.165) is 18.2 Å². The molecule has 3 heterocycles. The molecule has 11 heteroatoms. The summed E-state index contributed by atoms with van der Waals surface area (Å²) in [5, 5.41) is -0.316. The molecular formula is C20H26N4O5S2. The summed E-state index contributed by atoms with van der Waals surface area (Å²) in [5.41, 5.74) is 5.50. The van der Waals surface area contributed by atoms with Crippen molar-refractivity contribution >= 4 is 38.8 Å². The van der Waals surface area contributed by atoms with E-state index in [9.17, 15) is 18.0 Å². The molecule has 9 nitrogen and oxygen atoms in total. The average Bonchev–Trinajstić information content (AvgIpc) is 3.31. The van der Waals surface area contributed by atoms with Crippen LogP contribution in [0.4, 0.5) is 0 Å². The minimum absolute atomic E-state index is 0.0703. The maximum Gasteiger partial charge on any atom is 0.262 e. The lowest BCUT2D eigenvalue weighted by Crippen LogP contribution is -2.44. The minimum atomic E-state index is -3.59. The van der Waals surface area contributed by atoms with Crippen molar-refractivity contribution in [3.63, 3.8) is 0 Å². The van der Waals surface area contributed by atoms with E-state index in [-0.39, 0.29) is 33.7 Å². The number of rotatable bonds is 5. The molecule has 4 rings (SSSR count). The van der Waals surface area contributed by atoms with Crippen molar-refractivity contribution in [1.29, 1.82) is 0 Å². The Hall–Kier alpha value is -2.11. The monoisotopic (exact) mass is 466 g/mol. The molecule has 2 N–H and O–H groups in total. The van der Waals surface area contributed by atoms with Crippen LogP contribution in [0.3, 0.4) is 0 Å². The molecule has 1 spiro atoms. The van der Waals surface area contributed by atoms with Gasteiger partial charge in [0.25, 0.3) is 5.91 Å². The number of amidine groups is 1. The molecule has 3 aliphatic heterocycles. The van der Waals surface area contributed by atoms with E-state index in [1.54, 1.807) is 23.1 Å². The van der Waals surface area contributed by atoms with Gasteiger partial charge in [-0.25, -0.2) is 8.42 Å². The molecule has 0 bridgehead atoms. The molecule has 2 saturated heterocycles. The number of carbonyl (C=O) groups is 2. The Morgan fingerprint density at radius 2 is 2.00 bits per heavy atom. The number of ether oxygens (including phenoxy) is 1. The van der Waals surface area contributed by atoms with Crippen LogP contribution in [-0.2, 0) is 19.6 Å². The van der Waals surface area contributed by atoms with Crippen molar-refractivity contribution < 1.29 is 22.7 Å². The second-order valence-corrected chi connectivity index (χ2v) is 11.4. The van der Waals surface area contributed by atoms with Gasteiger partial charge in [-0.2, -0.15) is 9.30 Å². The minimum Gasteiger partial charge on any atom is -0.497 e. The highest BCUT2D eigenvalue weighted by atomic mass is 32.2. The number of benzene rings is 1. The first-order chi connectivity index (χ1) is 14.7. The van der Waals surface area contributed by atoms with Crippen LogP contribution < -0.4 is 10.5 Å². The fourth-order valence-corrected chi connectivity index (χ4v) is 6.78. The normalized spacial score (nSPS) is 23.9. The Balaban J connectivity index is 1.35. The predicted octanol–water partition coefficient (Wildman–Crippen LogP) is 1.05. The van der Waals surface area contributed by atoms with Gasteiger partial charge < -0.3 is 15.4 Å². The molecule has 3 aliphatic rings. The van der Waals surface area contributed by atoms with E-state index in [2.05, 4.69) is 4.99 Å². The molecule has 0 radical (unpaired) electrons. The third kappa shape index (κ3) is 4.44. The van der Waals surface area contributed by atoms with Crippen LogP contribution in [0.25, 0.3) is 0 Å². The topological polar surface area (TPSA) is 122 Å². The molecule has 0 aliphatic carbocycles. The van der Waals surface area contributed by atoms with E-state index >= 15 is 0 Å². The number of carbonyl (C=O) groups excluding carboxylic acids is 2. The van der Waals surface area contributed by atoms with Gasteiger partial charge >= 0.3 is 0 Å². The molecule has 1 atom stereocenters. The first-order valence-electron chi connectivity index (χ1n) is 10.2. The van der Waals surface area contributed by atoms with Gasteiger partial charge in [-0.15, -0.1) is 0 Å². The number of nitrogens with zero attached hydrogens (tertiary/aromatic N) is 3. The summed E-state index contributed by atoms with van der Waals surface area (Å²) < 4.78 is 32.7. The second-order valence-electron chi connectivity index (χ2n) is 8.25. The van der Waals surface area contributed by atoms with E-state index < -0.39 is 15.3 Å². The molecule has 1 aromatic carbocycles. The summed E-state index contributed by atoms with van der Waals surface area (Å²) in [6.45, 7) is 2.07. The number of hydrogen-bond donors (Lipinski definition) is 1. The molecule has 0 aromatic heterocycles. The molecule has 168 valence electrons. The summed E-state index contributed by atoms with van der Waals surface area (Å²) in [6, 6.07) is 6.50. The number of amides is 2. The maximum atomic E-state index is 13.0. The van der Waals surface area contributed by atoms with Gasteiger partial charge in [0.05, 0.1) is 12.0 Å². The van der Waals surface area contributed by atoms with Crippen molar-refractivity contribution in [2.24, 2.45) is 16.1 Å². The van der Waals surface area contributed by atoms with Crippen molar-refractivity contribution in [2.75, 3.05) is 33.3 Å². The van der Waals surface area contributed by atoms with Crippen LogP contribution >= 0.6 is 11.8 Å². The molecule has 1 aromatic rings. The smallest absolute Gasteiger partial charge is 0.262 e. The Bertz CT molecular complexity index is 1020. The largest absolute Gasteiger partial charge is 0.497 e. The van der Waals surface area contributed by atoms with Crippen LogP contribution in [0.1, 0.15) is 25.7 Å². The molecular weight excluding hydrogens is 440 g/mol. The highest BCUT2D eigenvalue weighted by Gasteiger charge is 2.44. The molecule has 2 amide bonds. The third-order valence-electron chi connectivity index (χ3n) is 6.37. The van der Waals surface area contributed by atoms with Crippen LogP contribution in [0.15, 0.2) is 34.2 Å². The number of piperidine rings is 1. The lowest BCUT2D eigenvalue weighted by atomic mass is 9.78. The highest BCUT2D eigenvalue weighted by molar-refractivity contribution is 8.15. The number of hydrogen-bond acceptors (Lipinski definition) is 7. The van der Waals surface area contributed by atoms with Gasteiger partial charge in [0.2, 0.25) is 15.9 Å². The number of methoxy groups -OCH3 is 1. The van der Waals surface area contributed by atoms with E-state index in [0.29, 0.717) is 44.8 Å². The quantitative estimate of drug-likeness (QED) is 0.688. The summed E-state index contributed by atoms with van der Waals surface area (Å²) in [6.07, 6.45) is 2.34. The standard InChI is InChI=1S/C20H26N4O5S2/c1-29-14-3-2-4-15(11-14)31(27,28)24-9-6-20(7-10-24)5-8-23(13-20)17(25)12-16-18(26)22-19(21)30-16/h2-4,11,16H,5-10,12-13H2,1H3,(H2,21,22,26). The van der Waals surface area contributed by atoms with Crippen molar-refractivity contribution in [1.82, 2.24) is 9.21 Å². The summed E-state index contributed by atoms with van der Waals surface area (Å²) >= 11 is 1.14. The summed E-state index contributed by atoms with van der Waals surface area (Å²) in [5.74, 6) is 0.0884. The van der Waals surface area contributed by atoms with Gasteiger partial charge in [-0.1, -0.05) is 17.8 Å². The number of nitrogens with two attached hydrogens (primary N) is 1. The molecule has 31 heavy (non-hydrogen) atoms. The zero-order chi connectivity index (χ0) is 22.2. The number of thioether (sulfide) groups is 1. The van der Waals surface area contributed by atoms with Gasteiger partial charge in [0.1, 0.15) is 11.0 Å². The van der Waals surface area contributed by atoms with Gasteiger partial charge in [-0.05, 0) is 36.8 Å². The fraction of sp³-hybridized carbons (Fsp3) is 0.550. The Kier molecular flexibility index (Phi) is 6.01. The first-order valence-corrected chi connectivity index (χ1v) is 12.5. The lowest BCUT2D eigenvalue weighted by molar-refractivity contribution is -0.132. The van der Waals surface area contributed by atoms with Gasteiger partial charge in [0.15, 0.2) is 5.17 Å². The number of aliphatic imine (C=N–C) groups is 1. The molecule has 0 saturated carbocycles. The van der Waals surface area contributed by atoms with E-state index in [4.69, 9.17) is 10.5 Å².